The first-order valence-corrected chi connectivity index (χ1v) is 9.19. The number of para-hydroxylation sites is 1. The number of hydrogen-bond donors (Lipinski definition) is 1. The number of methoxy groups -OCH3 is 2. The van der Waals surface area contributed by atoms with Gasteiger partial charge in [0.2, 0.25) is 5.91 Å². The molecular weight excluding hydrogens is 398 g/mol. The van der Waals surface area contributed by atoms with Gasteiger partial charge in [-0.2, -0.15) is 0 Å². The van der Waals surface area contributed by atoms with Crippen molar-refractivity contribution < 1.29 is 23.9 Å². The summed E-state index contributed by atoms with van der Waals surface area (Å²) in [7, 11) is 3.00. The Morgan fingerprint density at radius 3 is 2.45 bits per heavy atom. The summed E-state index contributed by atoms with van der Waals surface area (Å²) < 4.78 is 10.4. The second-order valence-corrected chi connectivity index (χ2v) is 6.66. The largest absolute Gasteiger partial charge is 0.493 e. The fourth-order valence-corrected chi connectivity index (χ4v) is 3.17. The van der Waals surface area contributed by atoms with Crippen molar-refractivity contribution in [3.63, 3.8) is 0 Å². The highest BCUT2D eigenvalue weighted by atomic mass is 35.5. The molecule has 152 valence electrons. The van der Waals surface area contributed by atoms with E-state index in [2.05, 4.69) is 5.32 Å². The summed E-state index contributed by atoms with van der Waals surface area (Å²) in [4.78, 5) is 39.9. The zero-order valence-electron chi connectivity index (χ0n) is 16.0. The molecule has 0 spiro atoms. The Bertz CT molecular complexity index is 949. The molecule has 0 aromatic heterocycles. The van der Waals surface area contributed by atoms with Gasteiger partial charge in [0, 0.05) is 24.8 Å². The minimum absolute atomic E-state index is 0.217. The van der Waals surface area contributed by atoms with Crippen molar-refractivity contribution in [1.29, 1.82) is 0 Å². The van der Waals surface area contributed by atoms with Crippen molar-refractivity contribution in [2.75, 3.05) is 44.1 Å². The lowest BCUT2D eigenvalue weighted by molar-refractivity contribution is -0.147. The van der Waals surface area contributed by atoms with Crippen LogP contribution in [0.3, 0.4) is 0 Å². The maximum atomic E-state index is 12.6. The third-order valence-corrected chi connectivity index (χ3v) is 4.80. The van der Waals surface area contributed by atoms with Gasteiger partial charge in [-0.3, -0.25) is 14.4 Å². The van der Waals surface area contributed by atoms with Gasteiger partial charge in [-0.05, 0) is 24.3 Å². The highest BCUT2D eigenvalue weighted by molar-refractivity contribution is 6.41. The Labute approximate surface area is 172 Å². The van der Waals surface area contributed by atoms with E-state index in [0.717, 1.165) is 0 Å². The van der Waals surface area contributed by atoms with Crippen molar-refractivity contribution in [3.8, 4) is 11.5 Å². The van der Waals surface area contributed by atoms with Crippen LogP contribution in [0.5, 0.6) is 11.5 Å². The molecule has 0 saturated carbocycles. The summed E-state index contributed by atoms with van der Waals surface area (Å²) in [6.07, 6.45) is 0. The molecule has 29 heavy (non-hydrogen) atoms. The molecule has 0 atom stereocenters. The molecule has 1 heterocycles. The van der Waals surface area contributed by atoms with Crippen molar-refractivity contribution in [2.24, 2.45) is 0 Å². The fourth-order valence-electron chi connectivity index (χ4n) is 2.99. The molecule has 1 fully saturated rings. The van der Waals surface area contributed by atoms with Crippen LogP contribution in [-0.4, -0.2) is 56.5 Å². The monoisotopic (exact) mass is 417 g/mol. The zero-order valence-corrected chi connectivity index (χ0v) is 16.7. The number of carbonyl (C=O) groups is 3. The normalized spacial score (nSPS) is 14.0. The van der Waals surface area contributed by atoms with E-state index < -0.39 is 17.7 Å². The van der Waals surface area contributed by atoms with E-state index in [1.54, 1.807) is 42.5 Å². The van der Waals surface area contributed by atoms with Crippen LogP contribution in [0.25, 0.3) is 0 Å². The van der Waals surface area contributed by atoms with Crippen LogP contribution in [0.2, 0.25) is 5.02 Å². The van der Waals surface area contributed by atoms with Crippen LogP contribution in [0.4, 0.5) is 11.4 Å². The number of benzene rings is 2. The molecule has 3 amide bonds. The van der Waals surface area contributed by atoms with E-state index in [1.165, 1.54) is 24.0 Å². The minimum Gasteiger partial charge on any atom is -0.493 e. The van der Waals surface area contributed by atoms with E-state index in [1.807, 2.05) is 0 Å². The summed E-state index contributed by atoms with van der Waals surface area (Å²) in [5.41, 5.74) is 0.961. The first-order chi connectivity index (χ1) is 13.9. The molecule has 0 radical (unpaired) electrons. The SMILES string of the molecule is COc1ccc(N2CCN(CC(=O)Nc3ccccc3Cl)C(=O)C2=O)cc1OC. The number of rotatable bonds is 6. The summed E-state index contributed by atoms with van der Waals surface area (Å²) in [6.45, 7) is 0.226. The van der Waals surface area contributed by atoms with Gasteiger partial charge in [0.05, 0.1) is 24.9 Å². The first kappa shape index (κ1) is 20.5. The predicted molar refractivity (Wildman–Crippen MR) is 109 cm³/mol. The number of halogens is 1. The molecule has 0 unspecified atom stereocenters. The minimum atomic E-state index is -0.750. The van der Waals surface area contributed by atoms with Gasteiger partial charge >= 0.3 is 11.8 Å². The molecule has 1 aliphatic heterocycles. The van der Waals surface area contributed by atoms with Crippen LogP contribution in [0.1, 0.15) is 0 Å². The van der Waals surface area contributed by atoms with Gasteiger partial charge in [-0.15, -0.1) is 0 Å². The molecule has 3 rings (SSSR count). The first-order valence-electron chi connectivity index (χ1n) is 8.81. The predicted octanol–water partition coefficient (Wildman–Crippen LogP) is 2.17. The Morgan fingerprint density at radius 1 is 1.03 bits per heavy atom. The average molecular weight is 418 g/mol. The number of piperazine rings is 1. The van der Waals surface area contributed by atoms with Crippen LogP contribution in [0.15, 0.2) is 42.5 Å². The van der Waals surface area contributed by atoms with Gasteiger partial charge < -0.3 is 24.6 Å². The van der Waals surface area contributed by atoms with Crippen LogP contribution in [0, 0.1) is 0 Å². The Hall–Kier alpha value is -3.26. The van der Waals surface area contributed by atoms with Gasteiger partial charge in [-0.1, -0.05) is 23.7 Å². The van der Waals surface area contributed by atoms with Gasteiger partial charge in [0.25, 0.3) is 0 Å². The Kier molecular flexibility index (Phi) is 6.23. The summed E-state index contributed by atoms with van der Waals surface area (Å²) >= 11 is 6.02. The lowest BCUT2D eigenvalue weighted by Crippen LogP contribution is -2.56. The zero-order chi connectivity index (χ0) is 21.0. The maximum Gasteiger partial charge on any atom is 0.316 e. The van der Waals surface area contributed by atoms with E-state index in [0.29, 0.717) is 27.9 Å². The average Bonchev–Trinajstić information content (AvgIpc) is 2.73. The molecule has 2 aromatic rings. The molecule has 1 saturated heterocycles. The third kappa shape index (κ3) is 4.43. The highest BCUT2D eigenvalue weighted by Crippen LogP contribution is 2.32. The lowest BCUT2D eigenvalue weighted by Gasteiger charge is -2.33. The Balaban J connectivity index is 1.67. The lowest BCUT2D eigenvalue weighted by atomic mass is 10.2. The second-order valence-electron chi connectivity index (χ2n) is 6.25. The molecule has 0 bridgehead atoms. The molecule has 2 aromatic carbocycles. The number of nitrogens with one attached hydrogen (secondary N) is 1. The summed E-state index contributed by atoms with van der Waals surface area (Å²) in [5, 5.41) is 3.03. The van der Waals surface area contributed by atoms with E-state index in [9.17, 15) is 14.4 Å². The van der Waals surface area contributed by atoms with Crippen molar-refractivity contribution >= 4 is 40.7 Å². The molecular formula is C20H20ClN3O5. The standard InChI is InChI=1S/C20H20ClN3O5/c1-28-16-8-7-13(11-17(16)29-2)24-10-9-23(19(26)20(24)27)12-18(25)22-15-6-4-3-5-14(15)21/h3-8,11H,9-10,12H2,1-2H3,(H,22,25). The third-order valence-electron chi connectivity index (χ3n) is 4.47. The number of anilines is 2. The second kappa shape index (κ2) is 8.83. The number of amides is 3. The quantitative estimate of drug-likeness (QED) is 0.728. The topological polar surface area (TPSA) is 88.2 Å². The summed E-state index contributed by atoms with van der Waals surface area (Å²) in [6, 6.07) is 11.7. The number of nitrogens with zero attached hydrogens (tertiary/aromatic N) is 2. The molecule has 1 N–H and O–H groups in total. The maximum absolute atomic E-state index is 12.6. The Morgan fingerprint density at radius 2 is 1.76 bits per heavy atom. The van der Waals surface area contributed by atoms with Crippen molar-refractivity contribution in [2.45, 2.75) is 0 Å². The van der Waals surface area contributed by atoms with Crippen molar-refractivity contribution in [3.05, 3.63) is 47.5 Å². The molecule has 9 heteroatoms. The van der Waals surface area contributed by atoms with Crippen LogP contribution in [-0.2, 0) is 14.4 Å². The van der Waals surface area contributed by atoms with E-state index in [4.69, 9.17) is 21.1 Å². The van der Waals surface area contributed by atoms with E-state index >= 15 is 0 Å². The van der Waals surface area contributed by atoms with E-state index in [-0.39, 0.29) is 19.6 Å². The number of carbonyl (C=O) groups excluding carboxylic acids is 3. The van der Waals surface area contributed by atoms with Crippen molar-refractivity contribution in [1.82, 2.24) is 4.90 Å². The molecule has 1 aliphatic rings. The molecule has 0 aliphatic carbocycles. The van der Waals surface area contributed by atoms with Crippen LogP contribution >= 0.6 is 11.6 Å². The van der Waals surface area contributed by atoms with Crippen LogP contribution < -0.4 is 19.7 Å². The smallest absolute Gasteiger partial charge is 0.316 e. The van der Waals surface area contributed by atoms with Gasteiger partial charge in [0.15, 0.2) is 11.5 Å². The number of ether oxygens (including phenoxy) is 2. The molecule has 8 nitrogen and oxygen atoms in total. The van der Waals surface area contributed by atoms with Gasteiger partial charge in [-0.25, -0.2) is 0 Å². The fraction of sp³-hybridized carbons (Fsp3) is 0.250. The summed E-state index contributed by atoms with van der Waals surface area (Å²) in [5.74, 6) is -0.926. The highest BCUT2D eigenvalue weighted by Gasteiger charge is 2.34. The number of hydrogen-bond acceptors (Lipinski definition) is 5. The van der Waals surface area contributed by atoms with Gasteiger partial charge in [0.1, 0.15) is 6.54 Å².